The number of aromatic hydroxyl groups is 1. The Morgan fingerprint density at radius 3 is 2.39 bits per heavy atom. The van der Waals surface area contributed by atoms with Gasteiger partial charge in [0.05, 0.1) is 27.1 Å². The summed E-state index contributed by atoms with van der Waals surface area (Å²) in [5.74, 6) is -0.690. The lowest BCUT2D eigenvalue weighted by atomic mass is 10.0. The minimum atomic E-state index is -4.54. The van der Waals surface area contributed by atoms with Crippen molar-refractivity contribution >= 4 is 67.1 Å². The molecular formula is C26H21Cl2N3O6S. The van der Waals surface area contributed by atoms with E-state index in [-0.39, 0.29) is 32.4 Å². The molecule has 1 amide bonds. The molecule has 0 fully saturated rings. The van der Waals surface area contributed by atoms with Crippen LogP contribution in [0.25, 0.3) is 10.8 Å². The highest BCUT2D eigenvalue weighted by Gasteiger charge is 2.21. The Morgan fingerprint density at radius 1 is 1.00 bits per heavy atom. The first-order valence-corrected chi connectivity index (χ1v) is 13.4. The number of nitrogens with one attached hydrogen (secondary N) is 1. The summed E-state index contributed by atoms with van der Waals surface area (Å²) in [6, 6.07) is 15.5. The molecule has 0 aliphatic heterocycles. The van der Waals surface area contributed by atoms with E-state index >= 15 is 0 Å². The summed E-state index contributed by atoms with van der Waals surface area (Å²) in [5, 5.41) is 23.5. The van der Waals surface area contributed by atoms with Crippen LogP contribution in [0.3, 0.4) is 0 Å². The molecule has 0 heterocycles. The number of anilines is 1. The predicted molar refractivity (Wildman–Crippen MR) is 146 cm³/mol. The van der Waals surface area contributed by atoms with Gasteiger partial charge < -0.3 is 15.2 Å². The number of rotatable bonds is 7. The maximum Gasteiger partial charge on any atom is 0.294 e. The monoisotopic (exact) mass is 573 g/mol. The number of carbonyl (C=O) groups excluding carboxylic acids is 1. The third kappa shape index (κ3) is 5.58. The number of ether oxygens (including phenoxy) is 1. The van der Waals surface area contributed by atoms with E-state index in [1.807, 2.05) is 0 Å². The minimum absolute atomic E-state index is 0.0234. The van der Waals surface area contributed by atoms with Gasteiger partial charge in [0.1, 0.15) is 17.1 Å². The maximum absolute atomic E-state index is 13.2. The van der Waals surface area contributed by atoms with Gasteiger partial charge in [-0.15, -0.1) is 10.2 Å². The third-order valence-electron chi connectivity index (χ3n) is 5.59. The van der Waals surface area contributed by atoms with E-state index in [2.05, 4.69) is 15.5 Å². The van der Waals surface area contributed by atoms with Gasteiger partial charge in [0.2, 0.25) is 0 Å². The van der Waals surface area contributed by atoms with Gasteiger partial charge in [0.25, 0.3) is 16.0 Å². The zero-order valence-electron chi connectivity index (χ0n) is 20.1. The van der Waals surface area contributed by atoms with Crippen LogP contribution in [-0.2, 0) is 10.1 Å². The van der Waals surface area contributed by atoms with E-state index < -0.39 is 21.8 Å². The van der Waals surface area contributed by atoms with Gasteiger partial charge >= 0.3 is 0 Å². The predicted octanol–water partition coefficient (Wildman–Crippen LogP) is 7.47. The number of fused-ring (bicyclic) bond motifs is 1. The number of azo groups is 1. The van der Waals surface area contributed by atoms with Crippen LogP contribution in [0, 0.1) is 6.92 Å². The number of amides is 1. The molecule has 196 valence electrons. The number of hydrogen-bond donors (Lipinski definition) is 3. The van der Waals surface area contributed by atoms with Crippen molar-refractivity contribution in [1.29, 1.82) is 0 Å². The summed E-state index contributed by atoms with van der Waals surface area (Å²) in [4.78, 5) is 12.8. The molecule has 38 heavy (non-hydrogen) atoms. The average Bonchev–Trinajstić information content (AvgIpc) is 2.86. The van der Waals surface area contributed by atoms with Crippen LogP contribution in [-0.4, -0.2) is 30.6 Å². The SMILES string of the molecule is CCOc1cc(NC(=O)c2cc3ccccc3c(N=Nc3c(Cl)ccc(S(=O)(=O)O)c3C)c2O)ccc1Cl. The van der Waals surface area contributed by atoms with Gasteiger partial charge in [-0.2, -0.15) is 8.42 Å². The van der Waals surface area contributed by atoms with Crippen molar-refractivity contribution < 1.29 is 27.6 Å². The first-order chi connectivity index (χ1) is 18.0. The number of carbonyl (C=O) groups is 1. The topological polar surface area (TPSA) is 138 Å². The van der Waals surface area contributed by atoms with Crippen molar-refractivity contribution in [3.63, 3.8) is 0 Å². The summed E-state index contributed by atoms with van der Waals surface area (Å²) >= 11 is 12.3. The van der Waals surface area contributed by atoms with Gasteiger partial charge in [-0.3, -0.25) is 9.35 Å². The lowest BCUT2D eigenvalue weighted by Gasteiger charge is -2.13. The Morgan fingerprint density at radius 2 is 1.68 bits per heavy atom. The van der Waals surface area contributed by atoms with E-state index in [1.54, 1.807) is 49.4 Å². The first kappa shape index (κ1) is 27.3. The van der Waals surface area contributed by atoms with E-state index in [0.717, 1.165) is 6.07 Å². The summed E-state index contributed by atoms with van der Waals surface area (Å²) in [5.41, 5.74) is 0.314. The van der Waals surface area contributed by atoms with Crippen LogP contribution < -0.4 is 10.1 Å². The van der Waals surface area contributed by atoms with Crippen LogP contribution >= 0.6 is 23.2 Å². The van der Waals surface area contributed by atoms with Crippen LogP contribution in [0.2, 0.25) is 10.0 Å². The molecule has 0 aromatic heterocycles. The molecule has 0 spiro atoms. The highest BCUT2D eigenvalue weighted by molar-refractivity contribution is 7.85. The molecule has 12 heteroatoms. The van der Waals surface area contributed by atoms with Gasteiger partial charge in [0.15, 0.2) is 5.75 Å². The standard InChI is InChI=1S/C26H21Cl2N3O6S/c1-3-37-21-13-16(8-9-19(21)27)29-26(33)18-12-15-6-4-5-7-17(15)24(25(18)32)31-30-23-14(2)22(38(34,35)36)11-10-20(23)28/h4-13,32H,3H2,1-2H3,(H,29,33)(H,34,35,36). The van der Waals surface area contributed by atoms with Crippen molar-refractivity contribution in [3.8, 4) is 11.5 Å². The Hall–Kier alpha value is -3.70. The quantitative estimate of drug-likeness (QED) is 0.155. The van der Waals surface area contributed by atoms with Crippen LogP contribution in [0.1, 0.15) is 22.8 Å². The maximum atomic E-state index is 13.2. The fraction of sp³-hybridized carbons (Fsp3) is 0.115. The summed E-state index contributed by atoms with van der Waals surface area (Å²) in [6.45, 7) is 3.60. The molecule has 0 radical (unpaired) electrons. The largest absolute Gasteiger partial charge is 0.505 e. The normalized spacial score (nSPS) is 11.7. The fourth-order valence-electron chi connectivity index (χ4n) is 3.79. The molecule has 0 bridgehead atoms. The van der Waals surface area contributed by atoms with Crippen molar-refractivity contribution in [2.75, 3.05) is 11.9 Å². The van der Waals surface area contributed by atoms with Crippen molar-refractivity contribution in [3.05, 3.63) is 81.8 Å². The molecule has 9 nitrogen and oxygen atoms in total. The van der Waals surface area contributed by atoms with Crippen LogP contribution in [0.4, 0.5) is 17.1 Å². The molecule has 0 unspecified atom stereocenters. The number of phenolic OH excluding ortho intramolecular Hbond substituents is 1. The highest BCUT2D eigenvalue weighted by atomic mass is 35.5. The Bertz CT molecular complexity index is 1710. The molecule has 0 atom stereocenters. The molecule has 0 aliphatic carbocycles. The molecule has 3 N–H and O–H groups in total. The minimum Gasteiger partial charge on any atom is -0.505 e. The zero-order chi connectivity index (χ0) is 27.6. The van der Waals surface area contributed by atoms with Crippen molar-refractivity contribution in [1.82, 2.24) is 0 Å². The van der Waals surface area contributed by atoms with Crippen LogP contribution in [0.15, 0.2) is 75.8 Å². The fourth-order valence-corrected chi connectivity index (χ4v) is 4.93. The van der Waals surface area contributed by atoms with Gasteiger partial charge in [-0.1, -0.05) is 47.5 Å². The van der Waals surface area contributed by atoms with Gasteiger partial charge in [-0.25, -0.2) is 0 Å². The van der Waals surface area contributed by atoms with Crippen molar-refractivity contribution in [2.24, 2.45) is 10.2 Å². The number of hydrogen-bond acceptors (Lipinski definition) is 7. The second kappa shape index (κ2) is 11.0. The lowest BCUT2D eigenvalue weighted by Crippen LogP contribution is -2.12. The van der Waals surface area contributed by atoms with Gasteiger partial charge in [-0.05, 0) is 55.1 Å². The molecule has 4 aromatic carbocycles. The molecule has 4 aromatic rings. The lowest BCUT2D eigenvalue weighted by molar-refractivity contribution is 0.102. The van der Waals surface area contributed by atoms with E-state index in [1.165, 1.54) is 19.1 Å². The molecular weight excluding hydrogens is 553 g/mol. The summed E-state index contributed by atoms with van der Waals surface area (Å²) in [6.07, 6.45) is 0. The van der Waals surface area contributed by atoms with Gasteiger partial charge in [0, 0.05) is 17.1 Å². The smallest absolute Gasteiger partial charge is 0.294 e. The van der Waals surface area contributed by atoms with E-state index in [0.29, 0.717) is 33.8 Å². The van der Waals surface area contributed by atoms with Crippen LogP contribution in [0.5, 0.6) is 11.5 Å². The average molecular weight is 574 g/mol. The number of benzene rings is 4. The molecule has 0 aliphatic rings. The van der Waals surface area contributed by atoms with E-state index in [9.17, 15) is 22.9 Å². The Kier molecular flexibility index (Phi) is 7.89. The number of phenols is 1. The highest BCUT2D eigenvalue weighted by Crippen LogP contribution is 2.41. The summed E-state index contributed by atoms with van der Waals surface area (Å²) < 4.78 is 38.4. The number of halogens is 2. The second-order valence-electron chi connectivity index (χ2n) is 8.07. The van der Waals surface area contributed by atoms with Crippen molar-refractivity contribution in [2.45, 2.75) is 18.7 Å². The zero-order valence-corrected chi connectivity index (χ0v) is 22.4. The molecule has 0 saturated carbocycles. The van der Waals surface area contributed by atoms with E-state index in [4.69, 9.17) is 27.9 Å². The summed E-state index contributed by atoms with van der Waals surface area (Å²) in [7, 11) is -4.54. The Balaban J connectivity index is 1.80. The molecule has 0 saturated heterocycles. The molecule has 4 rings (SSSR count). The first-order valence-electron chi connectivity index (χ1n) is 11.2. The number of nitrogens with zero attached hydrogens (tertiary/aromatic N) is 2. The second-order valence-corrected chi connectivity index (χ2v) is 10.3. The third-order valence-corrected chi connectivity index (χ3v) is 7.20. The Labute approximate surface area is 228 Å².